The fraction of sp³-hybridized carbons (Fsp3) is 0.750. The van der Waals surface area contributed by atoms with Crippen LogP contribution in [0.15, 0.2) is 0 Å². The highest BCUT2D eigenvalue weighted by Crippen LogP contribution is 2.10. The molecule has 0 aromatic heterocycles. The number of ether oxygens (including phenoxy) is 1. The molecular formula is C4H7NO2S. The first-order valence-electron chi connectivity index (χ1n) is 2.30. The van der Waals surface area contributed by atoms with Gasteiger partial charge in [0, 0.05) is 7.05 Å². The highest BCUT2D eigenvalue weighted by atomic mass is 32.1. The summed E-state index contributed by atoms with van der Waals surface area (Å²) in [6.07, 6.45) is -0.287. The van der Waals surface area contributed by atoms with Crippen molar-refractivity contribution in [2.45, 2.75) is 5.44 Å². The third kappa shape index (κ3) is 0.888. The summed E-state index contributed by atoms with van der Waals surface area (Å²) >= 11 is 3.93. The Balaban J connectivity index is 2.51. The summed E-state index contributed by atoms with van der Waals surface area (Å²) in [4.78, 5) is 11.9. The lowest BCUT2D eigenvalue weighted by Gasteiger charge is -1.98. The Morgan fingerprint density at radius 1 is 2.00 bits per heavy atom. The van der Waals surface area contributed by atoms with Crippen LogP contribution in [0.2, 0.25) is 0 Å². The number of cyclic esters (lactones) is 1. The molecule has 0 spiro atoms. The Labute approximate surface area is 53.0 Å². The lowest BCUT2D eigenvalue weighted by molar-refractivity contribution is 0.157. The van der Waals surface area contributed by atoms with E-state index in [9.17, 15) is 4.79 Å². The molecule has 46 valence electrons. The minimum Gasteiger partial charge on any atom is -0.433 e. The molecule has 0 bridgehead atoms. The molecule has 0 aromatic carbocycles. The van der Waals surface area contributed by atoms with Gasteiger partial charge in [0.1, 0.15) is 0 Å². The quantitative estimate of drug-likeness (QED) is 0.482. The molecule has 0 aromatic rings. The number of hydrogen-bond acceptors (Lipinski definition) is 3. The lowest BCUT2D eigenvalue weighted by atomic mass is 10.7. The highest BCUT2D eigenvalue weighted by Gasteiger charge is 2.24. The van der Waals surface area contributed by atoms with Gasteiger partial charge in [-0.2, -0.15) is 0 Å². The zero-order valence-electron chi connectivity index (χ0n) is 4.50. The second-order valence-electron chi connectivity index (χ2n) is 1.72. The van der Waals surface area contributed by atoms with E-state index in [1.165, 1.54) is 4.90 Å². The van der Waals surface area contributed by atoms with Gasteiger partial charge in [-0.3, -0.25) is 0 Å². The van der Waals surface area contributed by atoms with Crippen LogP contribution in [0.25, 0.3) is 0 Å². The van der Waals surface area contributed by atoms with Gasteiger partial charge in [-0.05, 0) is 0 Å². The van der Waals surface area contributed by atoms with Crippen LogP contribution in [-0.2, 0) is 4.74 Å². The maximum Gasteiger partial charge on any atom is 0.410 e. The van der Waals surface area contributed by atoms with Gasteiger partial charge in [0.05, 0.1) is 6.54 Å². The van der Waals surface area contributed by atoms with Crippen molar-refractivity contribution >= 4 is 18.7 Å². The van der Waals surface area contributed by atoms with Crippen molar-refractivity contribution in [1.82, 2.24) is 4.90 Å². The van der Waals surface area contributed by atoms with Crippen LogP contribution < -0.4 is 0 Å². The fourth-order valence-electron chi connectivity index (χ4n) is 0.552. The second kappa shape index (κ2) is 1.85. The summed E-state index contributed by atoms with van der Waals surface area (Å²) < 4.78 is 4.62. The van der Waals surface area contributed by atoms with Gasteiger partial charge in [0.2, 0.25) is 0 Å². The zero-order chi connectivity index (χ0) is 6.15. The number of likely N-dealkylation sites (N-methyl/N-ethyl adjacent to an activating group) is 1. The number of hydrogen-bond donors (Lipinski definition) is 1. The van der Waals surface area contributed by atoms with E-state index in [2.05, 4.69) is 17.4 Å². The average molecular weight is 133 g/mol. The molecule has 1 amide bonds. The Morgan fingerprint density at radius 2 is 2.62 bits per heavy atom. The van der Waals surface area contributed by atoms with Crippen LogP contribution in [0.4, 0.5) is 4.79 Å². The van der Waals surface area contributed by atoms with Gasteiger partial charge in [-0.1, -0.05) is 0 Å². The van der Waals surface area contributed by atoms with E-state index in [4.69, 9.17) is 0 Å². The van der Waals surface area contributed by atoms with Gasteiger partial charge >= 0.3 is 6.09 Å². The van der Waals surface area contributed by atoms with Crippen LogP contribution in [0.5, 0.6) is 0 Å². The summed E-state index contributed by atoms with van der Waals surface area (Å²) in [5.74, 6) is 0. The van der Waals surface area contributed by atoms with Gasteiger partial charge < -0.3 is 9.64 Å². The molecule has 1 atom stereocenters. The largest absolute Gasteiger partial charge is 0.433 e. The smallest absolute Gasteiger partial charge is 0.410 e. The first-order chi connectivity index (χ1) is 3.70. The van der Waals surface area contributed by atoms with E-state index in [0.29, 0.717) is 6.54 Å². The van der Waals surface area contributed by atoms with Crippen molar-refractivity contribution in [3.63, 3.8) is 0 Å². The third-order valence-electron chi connectivity index (χ3n) is 0.979. The molecule has 1 fully saturated rings. The molecule has 1 rings (SSSR count). The Kier molecular flexibility index (Phi) is 1.33. The van der Waals surface area contributed by atoms with Crippen molar-refractivity contribution in [3.8, 4) is 0 Å². The van der Waals surface area contributed by atoms with E-state index in [0.717, 1.165) is 0 Å². The Morgan fingerprint density at radius 3 is 2.75 bits per heavy atom. The molecule has 0 saturated carbocycles. The number of nitrogens with zero attached hydrogens (tertiary/aromatic N) is 1. The molecule has 0 aliphatic carbocycles. The number of carbonyl (C=O) groups excluding carboxylic acids is 1. The maximum atomic E-state index is 10.4. The zero-order valence-corrected chi connectivity index (χ0v) is 5.39. The van der Waals surface area contributed by atoms with Crippen molar-refractivity contribution in [1.29, 1.82) is 0 Å². The molecular weight excluding hydrogens is 126 g/mol. The van der Waals surface area contributed by atoms with Crippen LogP contribution >= 0.6 is 12.6 Å². The average Bonchev–Trinajstić information content (AvgIpc) is 1.85. The van der Waals surface area contributed by atoms with Gasteiger partial charge in [-0.15, -0.1) is 12.6 Å². The first-order valence-corrected chi connectivity index (χ1v) is 2.81. The number of rotatable bonds is 0. The molecule has 3 nitrogen and oxygen atoms in total. The standard InChI is InChI=1S/C4H7NO2S/c1-5-2-3(8)7-4(5)6/h3,8H,2H2,1H3. The highest BCUT2D eigenvalue weighted by molar-refractivity contribution is 7.80. The van der Waals surface area contributed by atoms with Crippen molar-refractivity contribution < 1.29 is 9.53 Å². The molecule has 1 aliphatic heterocycles. The fourth-order valence-corrected chi connectivity index (χ4v) is 0.888. The monoisotopic (exact) mass is 133 g/mol. The minimum absolute atomic E-state index is 0.229. The molecule has 1 unspecified atom stereocenters. The topological polar surface area (TPSA) is 29.5 Å². The molecule has 1 heterocycles. The number of thiol groups is 1. The molecule has 8 heavy (non-hydrogen) atoms. The van der Waals surface area contributed by atoms with Crippen LogP contribution in [0.1, 0.15) is 0 Å². The molecule has 1 saturated heterocycles. The van der Waals surface area contributed by atoms with E-state index < -0.39 is 0 Å². The van der Waals surface area contributed by atoms with Crippen LogP contribution in [0, 0.1) is 0 Å². The van der Waals surface area contributed by atoms with Crippen LogP contribution in [-0.4, -0.2) is 30.0 Å². The van der Waals surface area contributed by atoms with Crippen molar-refractivity contribution in [2.24, 2.45) is 0 Å². The summed E-state index contributed by atoms with van der Waals surface area (Å²) in [6, 6.07) is 0. The first kappa shape index (κ1) is 5.75. The molecule has 0 N–H and O–H groups in total. The lowest BCUT2D eigenvalue weighted by Crippen LogP contribution is -2.17. The third-order valence-corrected chi connectivity index (χ3v) is 1.25. The summed E-state index contributed by atoms with van der Waals surface area (Å²) in [5.41, 5.74) is -0.229. The number of carbonyl (C=O) groups is 1. The van der Waals surface area contributed by atoms with E-state index in [1.54, 1.807) is 7.05 Å². The van der Waals surface area contributed by atoms with Crippen molar-refractivity contribution in [2.75, 3.05) is 13.6 Å². The Bertz CT molecular complexity index is 117. The minimum atomic E-state index is -0.287. The maximum absolute atomic E-state index is 10.4. The molecule has 4 heteroatoms. The molecule has 0 radical (unpaired) electrons. The molecule has 1 aliphatic rings. The SMILES string of the molecule is CN1CC(S)OC1=O. The Hall–Kier alpha value is -0.380. The predicted molar refractivity (Wildman–Crippen MR) is 31.9 cm³/mol. The van der Waals surface area contributed by atoms with E-state index in [-0.39, 0.29) is 11.5 Å². The normalized spacial score (nSPS) is 28.5. The van der Waals surface area contributed by atoms with Crippen LogP contribution in [0.3, 0.4) is 0 Å². The van der Waals surface area contributed by atoms with E-state index in [1.807, 2.05) is 0 Å². The number of amides is 1. The van der Waals surface area contributed by atoms with Gasteiger partial charge in [-0.25, -0.2) is 4.79 Å². The summed E-state index contributed by atoms with van der Waals surface area (Å²) in [7, 11) is 1.68. The van der Waals surface area contributed by atoms with E-state index >= 15 is 0 Å². The van der Waals surface area contributed by atoms with Gasteiger partial charge in [0.25, 0.3) is 0 Å². The second-order valence-corrected chi connectivity index (χ2v) is 2.29. The predicted octanol–water partition coefficient (Wildman–Crippen LogP) is 0.324. The van der Waals surface area contributed by atoms with Crippen molar-refractivity contribution in [3.05, 3.63) is 0 Å². The van der Waals surface area contributed by atoms with Gasteiger partial charge in [0.15, 0.2) is 5.44 Å². The summed E-state index contributed by atoms with van der Waals surface area (Å²) in [6.45, 7) is 0.585. The summed E-state index contributed by atoms with van der Waals surface area (Å²) in [5, 5.41) is 0.